The van der Waals surface area contributed by atoms with Gasteiger partial charge in [-0.3, -0.25) is 0 Å². The minimum absolute atomic E-state index is 0.0451. The number of aromatic nitrogens is 2. The summed E-state index contributed by atoms with van der Waals surface area (Å²) in [5.74, 6) is -2.50. The van der Waals surface area contributed by atoms with Crippen LogP contribution in [0.2, 0.25) is 0 Å². The summed E-state index contributed by atoms with van der Waals surface area (Å²) < 4.78 is 125. The normalized spacial score (nSPS) is 17.3. The van der Waals surface area contributed by atoms with Crippen molar-refractivity contribution in [2.45, 2.75) is 79.2 Å². The zero-order valence-electron chi connectivity index (χ0n) is 40.8. The molecule has 396 valence electrons. The molecule has 2 aliphatic carbocycles. The van der Waals surface area contributed by atoms with E-state index in [0.717, 1.165) is 34.4 Å². The Morgan fingerprint density at radius 1 is 0.649 bits per heavy atom. The number of halogens is 4. The molecule has 8 rings (SSSR count). The van der Waals surface area contributed by atoms with E-state index >= 15 is 0 Å². The van der Waals surface area contributed by atoms with Gasteiger partial charge in [0, 0.05) is 94.6 Å². The highest BCUT2D eigenvalue weighted by atomic mass is 32.2. The van der Waals surface area contributed by atoms with Crippen LogP contribution in [0, 0.1) is 23.3 Å². The Hall–Kier alpha value is -6.88. The minimum atomic E-state index is -3.66. The van der Waals surface area contributed by atoms with Crippen LogP contribution in [0.1, 0.15) is 65.0 Å². The fraction of sp³-hybridized carbons (Fsp3) is 0.346. The maximum atomic E-state index is 13.9. The topological polar surface area (TPSA) is 211 Å². The van der Waals surface area contributed by atoms with E-state index in [1.165, 1.54) is 53.7 Å². The van der Waals surface area contributed by atoms with Crippen LogP contribution in [0.3, 0.4) is 0 Å². The lowest BCUT2D eigenvalue weighted by Crippen LogP contribution is -2.45. The first kappa shape index (κ1) is 54.9. The molecule has 2 heterocycles. The zero-order chi connectivity index (χ0) is 53.3. The molecule has 74 heavy (non-hydrogen) atoms. The van der Waals surface area contributed by atoms with E-state index in [4.69, 9.17) is 9.47 Å². The number of ether oxygens (including phenoxy) is 2. The summed E-state index contributed by atoms with van der Waals surface area (Å²) in [5.41, 5.74) is 4.55. The second kappa shape index (κ2) is 24.0. The SMILES string of the molecule is CCN(C(=O)O)C1CCc2ccc(OCCNS(=O)(=O)c3ccn(C)c3)cc2C1Cc1cc(F)cc(F)c1.Cn1ccc(S(=O)(=O)NCCOc2ccc3c(c2)C(Cc2cc(F)cc(F)c2)C(NC(=O)O)CC3)c1. The number of sulfonamides is 2. The molecule has 5 N–H and O–H groups in total. The van der Waals surface area contributed by atoms with Gasteiger partial charge in [-0.25, -0.2) is 53.4 Å². The van der Waals surface area contributed by atoms with Crippen molar-refractivity contribution in [1.29, 1.82) is 0 Å². The van der Waals surface area contributed by atoms with Crippen LogP contribution in [0.15, 0.2) is 120 Å². The molecule has 4 atom stereocenters. The Morgan fingerprint density at radius 3 is 1.51 bits per heavy atom. The van der Waals surface area contributed by atoms with Crippen molar-refractivity contribution in [3.63, 3.8) is 0 Å². The molecule has 0 spiro atoms. The minimum Gasteiger partial charge on any atom is -0.492 e. The van der Waals surface area contributed by atoms with Gasteiger partial charge in [0.1, 0.15) is 48.0 Å². The monoisotopic (exact) mass is 1070 g/mol. The average molecular weight is 1070 g/mol. The lowest BCUT2D eigenvalue weighted by Gasteiger charge is -2.39. The van der Waals surface area contributed by atoms with Crippen molar-refractivity contribution in [3.05, 3.63) is 166 Å². The van der Waals surface area contributed by atoms with Gasteiger partial charge in [0.15, 0.2) is 0 Å². The van der Waals surface area contributed by atoms with Gasteiger partial charge in [-0.15, -0.1) is 0 Å². The summed E-state index contributed by atoms with van der Waals surface area (Å²) in [6.45, 7) is 2.28. The van der Waals surface area contributed by atoms with E-state index in [-0.39, 0.29) is 73.4 Å². The summed E-state index contributed by atoms with van der Waals surface area (Å²) in [7, 11) is -3.85. The van der Waals surface area contributed by atoms with Crippen LogP contribution in [0.25, 0.3) is 0 Å². The summed E-state index contributed by atoms with van der Waals surface area (Å²) in [6.07, 6.45) is 6.95. The first-order valence-electron chi connectivity index (χ1n) is 23.8. The number of benzene rings is 4. The van der Waals surface area contributed by atoms with Gasteiger partial charge in [-0.05, 0) is 139 Å². The first-order chi connectivity index (χ1) is 35.2. The van der Waals surface area contributed by atoms with Crippen LogP contribution in [-0.2, 0) is 59.8 Å². The van der Waals surface area contributed by atoms with Gasteiger partial charge < -0.3 is 39.0 Å². The predicted molar refractivity (Wildman–Crippen MR) is 266 cm³/mol. The van der Waals surface area contributed by atoms with Crippen molar-refractivity contribution >= 4 is 32.2 Å². The maximum Gasteiger partial charge on any atom is 0.407 e. The smallest absolute Gasteiger partial charge is 0.407 e. The highest BCUT2D eigenvalue weighted by molar-refractivity contribution is 7.89. The number of nitrogens with zero attached hydrogens (tertiary/aromatic N) is 3. The Bertz CT molecular complexity index is 3150. The van der Waals surface area contributed by atoms with Crippen LogP contribution in [0.5, 0.6) is 11.5 Å². The molecule has 4 unspecified atom stereocenters. The summed E-state index contributed by atoms with van der Waals surface area (Å²) >= 11 is 0. The van der Waals surface area contributed by atoms with Gasteiger partial charge in [-0.2, -0.15) is 0 Å². The standard InChI is InChI=1S/C27H31F2N3O5S.C25H27F2N3O5S/c1-3-32(27(33)34)26-7-5-19-4-6-22(37-11-9-30-38(35,36)23-8-10-31(2)17-23)16-24(19)25(26)14-18-12-20(28)15-21(29)13-18;1-30-8-6-21(15-30)36(33,34)28-7-9-35-20-4-2-17-3-5-24(29-25(31)32)23(22(17)14-20)12-16-10-18(26)13-19(27)11-16/h4,6,8,10,12-13,15-17,25-26,30H,3,5,7,9,11,14H2,1-2H3,(H,33,34);2,4,6,8,10-11,13-15,23-24,28-29H,3,5,7,9,12H2,1H3,(H,31,32). The average Bonchev–Trinajstić information content (AvgIpc) is 3.99. The Morgan fingerprint density at radius 2 is 1.09 bits per heavy atom. The molecular formula is C52H58F4N6O10S2. The fourth-order valence-electron chi connectivity index (χ4n) is 9.72. The Labute approximate surface area is 427 Å². The second-order valence-electron chi connectivity index (χ2n) is 18.2. The molecule has 0 aliphatic heterocycles. The molecule has 2 amide bonds. The fourth-order valence-corrected chi connectivity index (χ4v) is 11.8. The number of hydrogen-bond donors (Lipinski definition) is 5. The molecule has 2 aliphatic rings. The third kappa shape index (κ3) is 14.2. The molecule has 4 aromatic carbocycles. The van der Waals surface area contributed by atoms with Crippen LogP contribution in [0.4, 0.5) is 27.2 Å². The maximum absolute atomic E-state index is 13.9. The highest BCUT2D eigenvalue weighted by Gasteiger charge is 2.36. The van der Waals surface area contributed by atoms with E-state index in [1.807, 2.05) is 18.2 Å². The summed E-state index contributed by atoms with van der Waals surface area (Å²) in [4.78, 5) is 25.1. The largest absolute Gasteiger partial charge is 0.492 e. The number of amides is 2. The van der Waals surface area contributed by atoms with Crippen LogP contribution < -0.4 is 24.2 Å². The summed E-state index contributed by atoms with van der Waals surface area (Å²) in [5, 5.41) is 21.7. The van der Waals surface area contributed by atoms with E-state index < -0.39 is 61.5 Å². The van der Waals surface area contributed by atoms with Gasteiger partial charge in [0.25, 0.3) is 0 Å². The van der Waals surface area contributed by atoms with E-state index in [1.54, 1.807) is 60.7 Å². The lowest BCUT2D eigenvalue weighted by atomic mass is 9.75. The highest BCUT2D eigenvalue weighted by Crippen LogP contribution is 2.40. The number of rotatable bonds is 19. The number of carbonyl (C=O) groups is 2. The van der Waals surface area contributed by atoms with Gasteiger partial charge in [0.2, 0.25) is 20.0 Å². The molecule has 0 saturated heterocycles. The third-order valence-electron chi connectivity index (χ3n) is 13.0. The lowest BCUT2D eigenvalue weighted by molar-refractivity contribution is 0.112. The molecule has 0 saturated carbocycles. The Balaban J connectivity index is 0.000000217. The molecule has 2 aromatic heterocycles. The molecule has 0 bridgehead atoms. The van der Waals surface area contributed by atoms with Crippen molar-refractivity contribution in [2.24, 2.45) is 14.1 Å². The van der Waals surface area contributed by atoms with Crippen LogP contribution in [-0.4, -0.2) is 98.2 Å². The predicted octanol–water partition coefficient (Wildman–Crippen LogP) is 7.87. The number of fused-ring (bicyclic) bond motifs is 2. The molecule has 0 radical (unpaired) electrons. The van der Waals surface area contributed by atoms with Gasteiger partial charge >= 0.3 is 12.2 Å². The van der Waals surface area contributed by atoms with E-state index in [2.05, 4.69) is 14.8 Å². The van der Waals surface area contributed by atoms with E-state index in [0.29, 0.717) is 48.3 Å². The number of likely N-dealkylation sites (N-methyl/N-ethyl adjacent to an activating group) is 1. The number of nitrogens with one attached hydrogen (secondary N) is 3. The number of aryl methyl sites for hydroxylation is 4. The van der Waals surface area contributed by atoms with Gasteiger partial charge in [0.05, 0.1) is 9.79 Å². The van der Waals surface area contributed by atoms with Crippen molar-refractivity contribution in [2.75, 3.05) is 32.8 Å². The van der Waals surface area contributed by atoms with Gasteiger partial charge in [-0.1, -0.05) is 12.1 Å². The third-order valence-corrected chi connectivity index (χ3v) is 15.9. The molecular weight excluding hydrogens is 1010 g/mol. The number of carboxylic acid groups (broad SMARTS) is 2. The molecule has 16 nitrogen and oxygen atoms in total. The zero-order valence-corrected chi connectivity index (χ0v) is 42.4. The number of hydrogen-bond acceptors (Lipinski definition) is 8. The Kier molecular flexibility index (Phi) is 17.8. The van der Waals surface area contributed by atoms with Crippen molar-refractivity contribution in [3.8, 4) is 11.5 Å². The molecule has 0 fully saturated rings. The molecule has 6 aromatic rings. The van der Waals surface area contributed by atoms with Crippen molar-refractivity contribution in [1.82, 2.24) is 28.8 Å². The molecule has 22 heteroatoms. The summed E-state index contributed by atoms with van der Waals surface area (Å²) in [6, 6.07) is 19.8. The quantitative estimate of drug-likeness (QED) is 0.0392. The van der Waals surface area contributed by atoms with E-state index in [9.17, 15) is 54.2 Å². The first-order valence-corrected chi connectivity index (χ1v) is 26.8. The van der Waals surface area contributed by atoms with Crippen molar-refractivity contribution < 1.29 is 63.7 Å². The van der Waals surface area contributed by atoms with Crippen LogP contribution >= 0.6 is 0 Å². The second-order valence-corrected chi connectivity index (χ2v) is 21.7.